The fraction of sp³-hybridized carbons (Fsp3) is 0.409. The standard InChI is InChI=1S/C22H29N3O3S/c1-17-11-13-19(14-12-17)29(27,28)25-15-7-10-20(25)22(26)23-16-21(24(2)3)18-8-5-4-6-9-18/h4-6,8-9,11-14,20-21H,7,10,15-16H2,1-3H3,(H,23,26)/t20-,21+/m1/s1. The minimum atomic E-state index is -3.69. The minimum Gasteiger partial charge on any atom is -0.353 e. The van der Waals surface area contributed by atoms with Crippen LogP contribution in [0.15, 0.2) is 59.5 Å². The maximum absolute atomic E-state index is 13.1. The van der Waals surface area contributed by atoms with Crippen LogP contribution in [0.3, 0.4) is 0 Å². The lowest BCUT2D eigenvalue weighted by Crippen LogP contribution is -2.47. The normalized spacial score (nSPS) is 18.7. The first-order valence-electron chi connectivity index (χ1n) is 9.88. The van der Waals surface area contributed by atoms with Crippen LogP contribution in [0.25, 0.3) is 0 Å². The molecule has 7 heteroatoms. The molecule has 0 radical (unpaired) electrons. The van der Waals surface area contributed by atoms with Gasteiger partial charge in [0.15, 0.2) is 0 Å². The highest BCUT2D eigenvalue weighted by Crippen LogP contribution is 2.27. The van der Waals surface area contributed by atoms with Gasteiger partial charge in [-0.1, -0.05) is 48.0 Å². The van der Waals surface area contributed by atoms with Gasteiger partial charge in [-0.15, -0.1) is 0 Å². The van der Waals surface area contributed by atoms with Crippen LogP contribution >= 0.6 is 0 Å². The Morgan fingerprint density at radius 1 is 1.14 bits per heavy atom. The summed E-state index contributed by atoms with van der Waals surface area (Å²) in [6, 6.07) is 16.1. The molecule has 0 aromatic heterocycles. The lowest BCUT2D eigenvalue weighted by molar-refractivity contribution is -0.124. The van der Waals surface area contributed by atoms with Gasteiger partial charge in [0.05, 0.1) is 10.9 Å². The van der Waals surface area contributed by atoms with E-state index >= 15 is 0 Å². The van der Waals surface area contributed by atoms with Crippen molar-refractivity contribution >= 4 is 15.9 Å². The molecule has 1 fully saturated rings. The summed E-state index contributed by atoms with van der Waals surface area (Å²) in [5, 5.41) is 2.98. The average molecular weight is 416 g/mol. The molecule has 29 heavy (non-hydrogen) atoms. The molecule has 156 valence electrons. The monoisotopic (exact) mass is 415 g/mol. The van der Waals surface area contributed by atoms with Gasteiger partial charge in [0.1, 0.15) is 6.04 Å². The van der Waals surface area contributed by atoms with E-state index in [-0.39, 0.29) is 16.8 Å². The average Bonchev–Trinajstić information content (AvgIpc) is 3.20. The summed E-state index contributed by atoms with van der Waals surface area (Å²) in [5.41, 5.74) is 2.10. The van der Waals surface area contributed by atoms with Gasteiger partial charge in [-0.3, -0.25) is 4.79 Å². The van der Waals surface area contributed by atoms with Crippen molar-refractivity contribution in [2.24, 2.45) is 0 Å². The van der Waals surface area contributed by atoms with Gasteiger partial charge in [0.2, 0.25) is 15.9 Å². The zero-order valence-corrected chi connectivity index (χ0v) is 18.0. The van der Waals surface area contributed by atoms with Crippen molar-refractivity contribution in [2.75, 3.05) is 27.2 Å². The van der Waals surface area contributed by atoms with E-state index in [4.69, 9.17) is 0 Å². The second-order valence-electron chi connectivity index (χ2n) is 7.72. The third kappa shape index (κ3) is 4.86. The van der Waals surface area contributed by atoms with E-state index in [2.05, 4.69) is 5.32 Å². The summed E-state index contributed by atoms with van der Waals surface area (Å²) in [4.78, 5) is 15.2. The van der Waals surface area contributed by atoms with Crippen LogP contribution in [0.4, 0.5) is 0 Å². The summed E-state index contributed by atoms with van der Waals surface area (Å²) in [6.45, 7) is 2.70. The number of hydrogen-bond donors (Lipinski definition) is 1. The summed E-state index contributed by atoms with van der Waals surface area (Å²) < 4.78 is 27.5. The first-order valence-corrected chi connectivity index (χ1v) is 11.3. The number of likely N-dealkylation sites (N-methyl/N-ethyl adjacent to an activating group) is 1. The first kappa shape index (κ1) is 21.5. The quantitative estimate of drug-likeness (QED) is 0.755. The molecular weight excluding hydrogens is 386 g/mol. The van der Waals surface area contributed by atoms with Crippen molar-refractivity contribution in [2.45, 2.75) is 36.7 Å². The smallest absolute Gasteiger partial charge is 0.243 e. The Hall–Kier alpha value is -2.22. The predicted molar refractivity (Wildman–Crippen MR) is 114 cm³/mol. The lowest BCUT2D eigenvalue weighted by atomic mass is 10.1. The van der Waals surface area contributed by atoms with Crippen LogP contribution in [0.1, 0.15) is 30.0 Å². The Kier molecular flexibility index (Phi) is 6.72. The first-order chi connectivity index (χ1) is 13.8. The molecule has 1 heterocycles. The van der Waals surface area contributed by atoms with Crippen LogP contribution in [-0.4, -0.2) is 56.8 Å². The molecule has 1 amide bonds. The molecule has 2 aromatic rings. The molecule has 2 aromatic carbocycles. The summed E-state index contributed by atoms with van der Waals surface area (Å²) in [6.07, 6.45) is 1.22. The number of hydrogen-bond acceptors (Lipinski definition) is 4. The van der Waals surface area contributed by atoms with Gasteiger partial charge in [-0.2, -0.15) is 4.31 Å². The lowest BCUT2D eigenvalue weighted by Gasteiger charge is -2.27. The third-order valence-electron chi connectivity index (χ3n) is 5.41. The number of benzene rings is 2. The van der Waals surface area contributed by atoms with Crippen LogP contribution < -0.4 is 5.32 Å². The zero-order chi connectivity index (χ0) is 21.0. The Morgan fingerprint density at radius 2 is 1.79 bits per heavy atom. The third-order valence-corrected chi connectivity index (χ3v) is 7.33. The number of rotatable bonds is 7. The predicted octanol–water partition coefficient (Wildman–Crippen LogP) is 2.57. The van der Waals surface area contributed by atoms with E-state index in [1.54, 1.807) is 24.3 Å². The maximum Gasteiger partial charge on any atom is 0.243 e. The second kappa shape index (κ2) is 9.07. The van der Waals surface area contributed by atoms with Gasteiger partial charge in [0, 0.05) is 13.1 Å². The topological polar surface area (TPSA) is 69.7 Å². The number of sulfonamides is 1. The molecule has 0 spiro atoms. The van der Waals surface area contributed by atoms with Gasteiger partial charge in [-0.05, 0) is 51.6 Å². The summed E-state index contributed by atoms with van der Waals surface area (Å²) in [5.74, 6) is -0.235. The van der Waals surface area contributed by atoms with Crippen molar-refractivity contribution in [1.82, 2.24) is 14.5 Å². The van der Waals surface area contributed by atoms with E-state index in [1.807, 2.05) is 56.3 Å². The number of aryl methyl sites for hydroxylation is 1. The number of nitrogens with zero attached hydrogens (tertiary/aromatic N) is 2. The van der Waals surface area contributed by atoms with Crippen molar-refractivity contribution < 1.29 is 13.2 Å². The Balaban J connectivity index is 1.72. The zero-order valence-electron chi connectivity index (χ0n) is 17.2. The largest absolute Gasteiger partial charge is 0.353 e. The van der Waals surface area contributed by atoms with Gasteiger partial charge in [-0.25, -0.2) is 8.42 Å². The molecule has 2 atom stereocenters. The van der Waals surface area contributed by atoms with E-state index in [0.717, 1.165) is 11.1 Å². The minimum absolute atomic E-state index is 0.0173. The molecule has 1 saturated heterocycles. The van der Waals surface area contributed by atoms with Crippen molar-refractivity contribution in [3.8, 4) is 0 Å². The van der Waals surface area contributed by atoms with E-state index < -0.39 is 16.1 Å². The SMILES string of the molecule is Cc1ccc(S(=O)(=O)N2CCC[C@@H]2C(=O)NC[C@@H](c2ccccc2)N(C)C)cc1. The molecule has 0 bridgehead atoms. The molecule has 1 aliphatic rings. The molecule has 1 aliphatic heterocycles. The second-order valence-corrected chi connectivity index (χ2v) is 9.61. The number of nitrogens with one attached hydrogen (secondary N) is 1. The van der Waals surface area contributed by atoms with Gasteiger partial charge in [0.25, 0.3) is 0 Å². The van der Waals surface area contributed by atoms with E-state index in [0.29, 0.717) is 25.9 Å². The number of carbonyl (C=O) groups excluding carboxylic acids is 1. The van der Waals surface area contributed by atoms with E-state index in [1.165, 1.54) is 4.31 Å². The van der Waals surface area contributed by atoms with Crippen LogP contribution in [-0.2, 0) is 14.8 Å². The Bertz CT molecular complexity index is 928. The highest BCUT2D eigenvalue weighted by molar-refractivity contribution is 7.89. The van der Waals surface area contributed by atoms with Crippen LogP contribution in [0.5, 0.6) is 0 Å². The Labute approximate surface area is 173 Å². The summed E-state index contributed by atoms with van der Waals surface area (Å²) in [7, 11) is 0.237. The molecule has 0 saturated carbocycles. The fourth-order valence-electron chi connectivity index (χ4n) is 3.72. The maximum atomic E-state index is 13.1. The molecule has 6 nitrogen and oxygen atoms in total. The molecule has 0 unspecified atom stereocenters. The number of carbonyl (C=O) groups is 1. The highest BCUT2D eigenvalue weighted by atomic mass is 32.2. The van der Waals surface area contributed by atoms with Crippen molar-refractivity contribution in [3.63, 3.8) is 0 Å². The summed E-state index contributed by atoms with van der Waals surface area (Å²) >= 11 is 0. The molecule has 1 N–H and O–H groups in total. The molecule has 3 rings (SSSR count). The van der Waals surface area contributed by atoms with Crippen LogP contribution in [0.2, 0.25) is 0 Å². The van der Waals surface area contributed by atoms with Crippen LogP contribution in [0, 0.1) is 6.92 Å². The molecule has 0 aliphatic carbocycles. The van der Waals surface area contributed by atoms with Crippen molar-refractivity contribution in [3.05, 3.63) is 65.7 Å². The van der Waals surface area contributed by atoms with E-state index in [9.17, 15) is 13.2 Å². The highest BCUT2D eigenvalue weighted by Gasteiger charge is 2.39. The fourth-order valence-corrected chi connectivity index (χ4v) is 5.38. The van der Waals surface area contributed by atoms with Crippen molar-refractivity contribution in [1.29, 1.82) is 0 Å². The molecular formula is C22H29N3O3S. The Morgan fingerprint density at radius 3 is 2.41 bits per heavy atom. The van der Waals surface area contributed by atoms with Gasteiger partial charge >= 0.3 is 0 Å². The number of amides is 1. The van der Waals surface area contributed by atoms with Gasteiger partial charge < -0.3 is 10.2 Å².